The van der Waals surface area contributed by atoms with Crippen LogP contribution in [0.15, 0.2) is 30.0 Å². The van der Waals surface area contributed by atoms with Crippen molar-refractivity contribution in [3.63, 3.8) is 0 Å². The van der Waals surface area contributed by atoms with E-state index in [4.69, 9.17) is 17.0 Å². The molecule has 7 heteroatoms. The number of anilines is 1. The number of hydrogen-bond acceptors (Lipinski definition) is 5. The fourth-order valence-electron chi connectivity index (χ4n) is 2.67. The number of likely N-dealkylation sites (N-methyl/N-ethyl adjacent to an activating group) is 1. The van der Waals surface area contributed by atoms with Crippen LogP contribution in [0.2, 0.25) is 0 Å². The smallest absolute Gasteiger partial charge is 0.325 e. The lowest BCUT2D eigenvalue weighted by molar-refractivity contribution is -0.140. The highest BCUT2D eigenvalue weighted by Gasteiger charge is 2.36. The Hall–Kier alpha value is -2.41. The highest BCUT2D eigenvalue weighted by atomic mass is 32.1. The maximum atomic E-state index is 12.4. The number of esters is 1. The topological polar surface area (TPSA) is 53.1 Å². The summed E-state index contributed by atoms with van der Waals surface area (Å²) < 4.78 is 4.69. The lowest BCUT2D eigenvalue weighted by Crippen LogP contribution is -2.33. The third-order valence-electron chi connectivity index (χ3n) is 4.17. The number of ether oxygens (including phenoxy) is 1. The largest absolute Gasteiger partial charge is 0.468 e. The Morgan fingerprint density at radius 2 is 1.84 bits per heavy atom. The minimum Gasteiger partial charge on any atom is -0.468 e. The number of benzene rings is 1. The Balaban J connectivity index is 2.31. The molecule has 1 aliphatic heterocycles. The normalized spacial score (nSPS) is 15.9. The molecule has 0 unspecified atom stereocenters. The van der Waals surface area contributed by atoms with E-state index in [1.54, 1.807) is 13.1 Å². The van der Waals surface area contributed by atoms with E-state index in [1.165, 1.54) is 16.9 Å². The van der Waals surface area contributed by atoms with Gasteiger partial charge < -0.3 is 14.5 Å². The van der Waals surface area contributed by atoms with Gasteiger partial charge in [0.2, 0.25) is 0 Å². The van der Waals surface area contributed by atoms with Gasteiger partial charge in [0, 0.05) is 25.8 Å². The first kappa shape index (κ1) is 18.9. The highest BCUT2D eigenvalue weighted by molar-refractivity contribution is 7.80. The van der Waals surface area contributed by atoms with Crippen LogP contribution in [0.4, 0.5) is 5.69 Å². The zero-order valence-electron chi connectivity index (χ0n) is 15.0. The first-order chi connectivity index (χ1) is 11.9. The average molecular weight is 361 g/mol. The fourth-order valence-corrected chi connectivity index (χ4v) is 2.92. The Morgan fingerprint density at radius 1 is 1.24 bits per heavy atom. The van der Waals surface area contributed by atoms with Crippen LogP contribution >= 0.6 is 12.2 Å². The lowest BCUT2D eigenvalue weighted by atomic mass is 10.1. The molecule has 0 atom stereocenters. The molecule has 0 bridgehead atoms. The van der Waals surface area contributed by atoms with Gasteiger partial charge in [-0.05, 0) is 49.8 Å². The predicted octanol–water partition coefficient (Wildman–Crippen LogP) is 2.11. The van der Waals surface area contributed by atoms with Gasteiger partial charge in [0.15, 0.2) is 5.11 Å². The quantitative estimate of drug-likeness (QED) is 0.439. The van der Waals surface area contributed by atoms with Crippen molar-refractivity contribution in [3.8, 4) is 0 Å². The zero-order chi connectivity index (χ0) is 18.6. The molecule has 1 aliphatic rings. The first-order valence-electron chi connectivity index (χ1n) is 8.16. The van der Waals surface area contributed by atoms with Crippen LogP contribution in [0.5, 0.6) is 0 Å². The van der Waals surface area contributed by atoms with Crippen molar-refractivity contribution in [1.82, 2.24) is 9.80 Å². The zero-order valence-corrected chi connectivity index (χ0v) is 15.8. The lowest BCUT2D eigenvalue weighted by Gasteiger charge is -2.21. The highest BCUT2D eigenvalue weighted by Crippen LogP contribution is 2.23. The van der Waals surface area contributed by atoms with Gasteiger partial charge in [0.25, 0.3) is 5.91 Å². The van der Waals surface area contributed by atoms with Crippen LogP contribution in [0.3, 0.4) is 0 Å². The van der Waals surface area contributed by atoms with E-state index < -0.39 is 5.97 Å². The molecule has 1 aromatic carbocycles. The third kappa shape index (κ3) is 3.99. The van der Waals surface area contributed by atoms with Crippen molar-refractivity contribution in [3.05, 3.63) is 35.5 Å². The van der Waals surface area contributed by atoms with E-state index in [2.05, 4.69) is 18.7 Å². The summed E-state index contributed by atoms with van der Waals surface area (Å²) in [6, 6.07) is 7.94. The van der Waals surface area contributed by atoms with Crippen molar-refractivity contribution in [2.24, 2.45) is 0 Å². The van der Waals surface area contributed by atoms with Crippen LogP contribution in [0.25, 0.3) is 6.08 Å². The molecule has 0 N–H and O–H groups in total. The van der Waals surface area contributed by atoms with Gasteiger partial charge in [-0.1, -0.05) is 12.1 Å². The van der Waals surface area contributed by atoms with Gasteiger partial charge in [0.05, 0.1) is 7.11 Å². The second-order valence-electron chi connectivity index (χ2n) is 5.60. The SMILES string of the molecule is CCN(CC)c1ccc(C=C2C(=O)N(C)C(=S)N2CC(=O)OC)cc1. The molecular formula is C18H23N3O3S. The van der Waals surface area contributed by atoms with Gasteiger partial charge in [-0.25, -0.2) is 0 Å². The molecule has 1 saturated heterocycles. The van der Waals surface area contributed by atoms with Crippen LogP contribution < -0.4 is 4.90 Å². The molecule has 0 radical (unpaired) electrons. The molecule has 134 valence electrons. The van der Waals surface area contributed by atoms with E-state index in [9.17, 15) is 9.59 Å². The van der Waals surface area contributed by atoms with E-state index in [0.29, 0.717) is 10.8 Å². The second-order valence-corrected chi connectivity index (χ2v) is 5.97. The number of hydrogen-bond donors (Lipinski definition) is 0. The number of thiocarbonyl (C=S) groups is 1. The van der Waals surface area contributed by atoms with Gasteiger partial charge in [0.1, 0.15) is 12.2 Å². The average Bonchev–Trinajstić information content (AvgIpc) is 2.82. The summed E-state index contributed by atoms with van der Waals surface area (Å²) in [5.41, 5.74) is 2.37. The number of nitrogens with zero attached hydrogens (tertiary/aromatic N) is 3. The van der Waals surface area contributed by atoms with Gasteiger partial charge >= 0.3 is 5.97 Å². The molecule has 0 aliphatic carbocycles. The van der Waals surface area contributed by atoms with Crippen molar-refractivity contribution in [1.29, 1.82) is 0 Å². The standard InChI is InChI=1S/C18H23N3O3S/c1-5-20(6-2)14-9-7-13(8-10-14)11-15-17(23)19(3)18(25)21(15)12-16(22)24-4/h7-11H,5-6,12H2,1-4H3. The summed E-state index contributed by atoms with van der Waals surface area (Å²) >= 11 is 5.26. The van der Waals surface area contributed by atoms with Crippen LogP contribution in [0, 0.1) is 0 Å². The molecule has 1 amide bonds. The molecule has 0 spiro atoms. The summed E-state index contributed by atoms with van der Waals surface area (Å²) in [4.78, 5) is 29.2. The molecule has 25 heavy (non-hydrogen) atoms. The number of amides is 1. The molecule has 2 rings (SSSR count). The first-order valence-corrected chi connectivity index (χ1v) is 8.56. The number of carbonyl (C=O) groups is 2. The molecule has 1 aromatic rings. The van der Waals surface area contributed by atoms with Crippen molar-refractivity contribution in [2.45, 2.75) is 13.8 Å². The Morgan fingerprint density at radius 3 is 2.36 bits per heavy atom. The van der Waals surface area contributed by atoms with Crippen molar-refractivity contribution >= 4 is 41.0 Å². The summed E-state index contributed by atoms with van der Waals surface area (Å²) in [7, 11) is 2.90. The van der Waals surface area contributed by atoms with Crippen LogP contribution in [0.1, 0.15) is 19.4 Å². The summed E-state index contributed by atoms with van der Waals surface area (Å²) in [6.07, 6.45) is 1.74. The summed E-state index contributed by atoms with van der Waals surface area (Å²) in [6.45, 7) is 5.99. The molecule has 1 heterocycles. The van der Waals surface area contributed by atoms with Gasteiger partial charge in [-0.15, -0.1) is 0 Å². The van der Waals surface area contributed by atoms with Crippen LogP contribution in [-0.4, -0.2) is 60.6 Å². The molecular weight excluding hydrogens is 338 g/mol. The predicted molar refractivity (Wildman–Crippen MR) is 102 cm³/mol. The second kappa shape index (κ2) is 8.11. The molecule has 1 fully saturated rings. The minimum atomic E-state index is -0.451. The van der Waals surface area contributed by atoms with Crippen molar-refractivity contribution < 1.29 is 14.3 Å². The van der Waals surface area contributed by atoms with E-state index in [1.807, 2.05) is 24.3 Å². The fraction of sp³-hybridized carbons (Fsp3) is 0.389. The monoisotopic (exact) mass is 361 g/mol. The number of rotatable bonds is 6. The number of methoxy groups -OCH3 is 1. The Labute approximate surface area is 153 Å². The maximum absolute atomic E-state index is 12.4. The molecule has 6 nitrogen and oxygen atoms in total. The van der Waals surface area contributed by atoms with Crippen LogP contribution in [-0.2, 0) is 14.3 Å². The van der Waals surface area contributed by atoms with Gasteiger partial charge in [-0.3, -0.25) is 14.5 Å². The third-order valence-corrected chi connectivity index (χ3v) is 4.67. The van der Waals surface area contributed by atoms with E-state index in [-0.39, 0.29) is 12.5 Å². The van der Waals surface area contributed by atoms with Gasteiger partial charge in [-0.2, -0.15) is 0 Å². The van der Waals surface area contributed by atoms with E-state index in [0.717, 1.165) is 24.3 Å². The van der Waals surface area contributed by atoms with Crippen molar-refractivity contribution in [2.75, 3.05) is 38.7 Å². The summed E-state index contributed by atoms with van der Waals surface area (Å²) in [5, 5.41) is 0.293. The Kier molecular flexibility index (Phi) is 6.14. The van der Waals surface area contributed by atoms with E-state index >= 15 is 0 Å². The maximum Gasteiger partial charge on any atom is 0.325 e. The summed E-state index contributed by atoms with van der Waals surface area (Å²) in [5.74, 6) is -0.685. The molecule has 0 saturated carbocycles. The Bertz CT molecular complexity index is 696. The minimum absolute atomic E-state index is 0.0885. The number of carbonyl (C=O) groups excluding carboxylic acids is 2. The molecule has 0 aromatic heterocycles.